The third kappa shape index (κ3) is 3.16. The van der Waals surface area contributed by atoms with E-state index in [0.717, 1.165) is 0 Å². The molecule has 1 aliphatic heterocycles. The Kier molecular flexibility index (Phi) is 4.79. The molecule has 1 saturated heterocycles. The Hall–Kier alpha value is -1.67. The second kappa shape index (κ2) is 6.40. The van der Waals surface area contributed by atoms with Gasteiger partial charge < -0.3 is 15.4 Å². The second-order valence-electron chi connectivity index (χ2n) is 4.64. The lowest BCUT2D eigenvalue weighted by atomic mass is 10.0. The average Bonchev–Trinajstić information content (AvgIpc) is 2.90. The fourth-order valence-corrected chi connectivity index (χ4v) is 2.17. The largest absolute Gasteiger partial charge is 0.379 e. The van der Waals surface area contributed by atoms with Crippen LogP contribution >= 0.6 is 0 Å². The van der Waals surface area contributed by atoms with Crippen LogP contribution in [0.1, 0.15) is 6.92 Å². The van der Waals surface area contributed by atoms with Gasteiger partial charge in [-0.05, 0) is 6.54 Å². The zero-order chi connectivity index (χ0) is 15.6. The minimum absolute atomic E-state index is 0.0601. The van der Waals surface area contributed by atoms with Gasteiger partial charge in [0.15, 0.2) is 23.3 Å². The van der Waals surface area contributed by atoms with Crippen LogP contribution in [-0.4, -0.2) is 31.7 Å². The maximum atomic E-state index is 13.5. The van der Waals surface area contributed by atoms with Crippen molar-refractivity contribution in [2.45, 2.75) is 13.0 Å². The van der Waals surface area contributed by atoms with Gasteiger partial charge in [-0.2, -0.15) is 0 Å². The van der Waals surface area contributed by atoms with Gasteiger partial charge in [-0.3, -0.25) is 4.79 Å². The fourth-order valence-electron chi connectivity index (χ4n) is 2.17. The van der Waals surface area contributed by atoms with Crippen LogP contribution in [0.5, 0.6) is 0 Å². The van der Waals surface area contributed by atoms with Gasteiger partial charge in [0.2, 0.25) is 5.91 Å². The molecule has 0 bridgehead atoms. The first-order chi connectivity index (χ1) is 9.95. The molecule has 0 spiro atoms. The molecule has 1 aromatic rings. The maximum Gasteiger partial charge on any atom is 0.231 e. The summed E-state index contributed by atoms with van der Waals surface area (Å²) >= 11 is 0. The van der Waals surface area contributed by atoms with E-state index in [0.29, 0.717) is 6.54 Å². The van der Waals surface area contributed by atoms with E-state index in [1.165, 1.54) is 0 Å². The molecule has 8 heteroatoms. The van der Waals surface area contributed by atoms with Gasteiger partial charge in [0.05, 0.1) is 19.1 Å². The van der Waals surface area contributed by atoms with Crippen LogP contribution < -0.4 is 10.6 Å². The number of halogens is 4. The molecule has 2 N–H and O–H groups in total. The Bertz CT molecular complexity index is 527. The monoisotopic (exact) mass is 306 g/mol. The number of ether oxygens (including phenoxy) is 1. The number of carbonyl (C=O) groups excluding carboxylic acids is 1. The Labute approximate surface area is 118 Å². The Morgan fingerprint density at radius 3 is 2.43 bits per heavy atom. The first kappa shape index (κ1) is 15.7. The SMILES string of the molecule is CCNC1COCC1C(=O)Nc1c(F)c(F)cc(F)c1F. The summed E-state index contributed by atoms with van der Waals surface area (Å²) in [7, 11) is 0. The van der Waals surface area contributed by atoms with Gasteiger partial charge >= 0.3 is 0 Å². The third-order valence-corrected chi connectivity index (χ3v) is 3.24. The van der Waals surface area contributed by atoms with Crippen LogP contribution in [0.3, 0.4) is 0 Å². The van der Waals surface area contributed by atoms with Gasteiger partial charge in [-0.1, -0.05) is 6.92 Å². The van der Waals surface area contributed by atoms with Crippen LogP contribution in [-0.2, 0) is 9.53 Å². The smallest absolute Gasteiger partial charge is 0.231 e. The molecule has 0 saturated carbocycles. The molecule has 21 heavy (non-hydrogen) atoms. The van der Waals surface area contributed by atoms with Gasteiger partial charge in [0.1, 0.15) is 5.69 Å². The van der Waals surface area contributed by atoms with Crippen LogP contribution in [0.4, 0.5) is 23.2 Å². The van der Waals surface area contributed by atoms with Crippen LogP contribution in [0.2, 0.25) is 0 Å². The van der Waals surface area contributed by atoms with E-state index in [9.17, 15) is 22.4 Å². The summed E-state index contributed by atoms with van der Waals surface area (Å²) in [4.78, 5) is 12.0. The molecular weight excluding hydrogens is 292 g/mol. The van der Waals surface area contributed by atoms with Crippen molar-refractivity contribution in [2.24, 2.45) is 5.92 Å². The maximum absolute atomic E-state index is 13.5. The first-order valence-corrected chi connectivity index (χ1v) is 6.40. The second-order valence-corrected chi connectivity index (χ2v) is 4.64. The summed E-state index contributed by atoms with van der Waals surface area (Å²) < 4.78 is 58.3. The van der Waals surface area contributed by atoms with Gasteiger partial charge in [-0.15, -0.1) is 0 Å². The summed E-state index contributed by atoms with van der Waals surface area (Å²) in [6.07, 6.45) is 0. The third-order valence-electron chi connectivity index (χ3n) is 3.24. The van der Waals surface area contributed by atoms with E-state index in [1.807, 2.05) is 12.2 Å². The summed E-state index contributed by atoms with van der Waals surface area (Å²) in [5.41, 5.74) is -1.13. The summed E-state index contributed by atoms with van der Waals surface area (Å²) in [5.74, 6) is -7.89. The molecule has 1 aliphatic rings. The van der Waals surface area contributed by atoms with E-state index in [2.05, 4.69) is 5.32 Å². The van der Waals surface area contributed by atoms with E-state index in [-0.39, 0.29) is 25.3 Å². The predicted octanol–water partition coefficient (Wildman–Crippen LogP) is 1.81. The van der Waals surface area contributed by atoms with Crippen molar-refractivity contribution < 1.29 is 27.1 Å². The number of carbonyl (C=O) groups is 1. The van der Waals surface area contributed by atoms with Crippen molar-refractivity contribution in [3.8, 4) is 0 Å². The molecule has 4 nitrogen and oxygen atoms in total. The van der Waals surface area contributed by atoms with Crippen LogP contribution in [0.25, 0.3) is 0 Å². The summed E-state index contributed by atoms with van der Waals surface area (Å²) in [6, 6.07) is -0.236. The molecular formula is C13H14F4N2O2. The first-order valence-electron chi connectivity index (χ1n) is 6.40. The lowest BCUT2D eigenvalue weighted by Crippen LogP contribution is -2.41. The number of benzene rings is 1. The molecule has 0 radical (unpaired) electrons. The van der Waals surface area contributed by atoms with Crippen LogP contribution in [0.15, 0.2) is 6.07 Å². The lowest BCUT2D eigenvalue weighted by Gasteiger charge is -2.18. The highest BCUT2D eigenvalue weighted by Crippen LogP contribution is 2.25. The van der Waals surface area contributed by atoms with Crippen molar-refractivity contribution in [2.75, 3.05) is 25.1 Å². The van der Waals surface area contributed by atoms with Gasteiger partial charge in [0.25, 0.3) is 0 Å². The normalized spacial score (nSPS) is 21.6. The van der Waals surface area contributed by atoms with Crippen molar-refractivity contribution in [3.05, 3.63) is 29.3 Å². The minimum Gasteiger partial charge on any atom is -0.379 e. The number of hydrogen-bond donors (Lipinski definition) is 2. The molecule has 2 rings (SSSR count). The summed E-state index contributed by atoms with van der Waals surface area (Å²) in [5, 5.41) is 4.89. The average molecular weight is 306 g/mol. The molecule has 1 fully saturated rings. The molecule has 0 aliphatic carbocycles. The predicted molar refractivity (Wildman–Crippen MR) is 66.7 cm³/mol. The molecule has 1 heterocycles. The topological polar surface area (TPSA) is 50.4 Å². The Morgan fingerprint density at radius 2 is 1.86 bits per heavy atom. The number of nitrogens with one attached hydrogen (secondary N) is 2. The van der Waals surface area contributed by atoms with E-state index in [4.69, 9.17) is 4.74 Å². The van der Waals surface area contributed by atoms with Gasteiger partial charge in [-0.25, -0.2) is 17.6 Å². The Balaban J connectivity index is 2.20. The van der Waals surface area contributed by atoms with E-state index in [1.54, 1.807) is 0 Å². The van der Waals surface area contributed by atoms with Crippen molar-refractivity contribution in [3.63, 3.8) is 0 Å². The molecule has 1 amide bonds. The lowest BCUT2D eigenvalue weighted by molar-refractivity contribution is -0.120. The highest BCUT2D eigenvalue weighted by molar-refractivity contribution is 5.93. The standard InChI is InChI=1S/C13H14F4N2O2/c1-2-18-9-5-21-4-6(9)13(20)19-12-10(16)7(14)3-8(15)11(12)17/h3,6,9,18H,2,4-5H2,1H3,(H,19,20). The summed E-state index contributed by atoms with van der Waals surface area (Å²) in [6.45, 7) is 2.74. The van der Waals surface area contributed by atoms with Crippen LogP contribution in [0, 0.1) is 29.2 Å². The highest BCUT2D eigenvalue weighted by atomic mass is 19.2. The fraction of sp³-hybridized carbons (Fsp3) is 0.462. The number of amides is 1. The molecule has 2 unspecified atom stereocenters. The Morgan fingerprint density at radius 1 is 1.24 bits per heavy atom. The highest BCUT2D eigenvalue weighted by Gasteiger charge is 2.34. The molecule has 1 aromatic carbocycles. The van der Waals surface area contributed by atoms with Crippen molar-refractivity contribution in [1.82, 2.24) is 5.32 Å². The quantitative estimate of drug-likeness (QED) is 0.659. The zero-order valence-electron chi connectivity index (χ0n) is 11.2. The molecule has 0 aromatic heterocycles. The van der Waals surface area contributed by atoms with Crippen molar-refractivity contribution in [1.29, 1.82) is 0 Å². The van der Waals surface area contributed by atoms with Crippen molar-refractivity contribution >= 4 is 11.6 Å². The number of rotatable bonds is 4. The number of likely N-dealkylation sites (N-methyl/N-ethyl adjacent to an activating group) is 1. The van der Waals surface area contributed by atoms with E-state index >= 15 is 0 Å². The number of hydrogen-bond acceptors (Lipinski definition) is 3. The number of anilines is 1. The van der Waals surface area contributed by atoms with E-state index < -0.39 is 40.8 Å². The minimum atomic E-state index is -1.64. The molecule has 116 valence electrons. The zero-order valence-corrected chi connectivity index (χ0v) is 11.2. The molecule has 2 atom stereocenters. The van der Waals surface area contributed by atoms with Gasteiger partial charge in [0, 0.05) is 12.1 Å².